The van der Waals surface area contributed by atoms with Crippen LogP contribution >= 0.6 is 0 Å². The Balaban J connectivity index is 2.38. The van der Waals surface area contributed by atoms with Gasteiger partial charge in [-0.2, -0.15) is 0 Å². The summed E-state index contributed by atoms with van der Waals surface area (Å²) < 4.78 is 10.7. The fraction of sp³-hybridized carbons (Fsp3) is 0.167. The summed E-state index contributed by atoms with van der Waals surface area (Å²) in [5.41, 5.74) is 1.65. The fourth-order valence-corrected chi connectivity index (χ4v) is 2.07. The molecule has 0 fully saturated rings. The van der Waals surface area contributed by atoms with E-state index in [9.17, 15) is 9.90 Å². The third-order valence-corrected chi connectivity index (χ3v) is 3.21. The van der Waals surface area contributed by atoms with Gasteiger partial charge in [-0.3, -0.25) is 0 Å². The minimum atomic E-state index is -0.969. The number of aromatic carboxylic acids is 1. The first-order valence-corrected chi connectivity index (χ1v) is 6.91. The van der Waals surface area contributed by atoms with Crippen molar-refractivity contribution >= 4 is 5.97 Å². The lowest BCUT2D eigenvalue weighted by atomic mass is 9.99. The Hall–Kier alpha value is -2.75. The lowest BCUT2D eigenvalue weighted by Crippen LogP contribution is -2.01. The molecule has 2 aromatic carbocycles. The highest BCUT2D eigenvalue weighted by Gasteiger charge is 2.13. The van der Waals surface area contributed by atoms with Crippen LogP contribution in [0.25, 0.3) is 11.1 Å². The molecule has 2 aromatic rings. The molecular formula is C18H18O4. The lowest BCUT2D eigenvalue weighted by Gasteiger charge is -2.11. The summed E-state index contributed by atoms with van der Waals surface area (Å²) in [4.78, 5) is 11.4. The minimum absolute atomic E-state index is 0.237. The van der Waals surface area contributed by atoms with E-state index in [0.29, 0.717) is 17.9 Å². The lowest BCUT2D eigenvalue weighted by molar-refractivity contribution is 0.0697. The molecule has 0 radical (unpaired) electrons. The zero-order valence-electron chi connectivity index (χ0n) is 12.4. The van der Waals surface area contributed by atoms with Gasteiger partial charge in [-0.15, -0.1) is 6.58 Å². The number of rotatable bonds is 7. The zero-order valence-corrected chi connectivity index (χ0v) is 12.4. The Morgan fingerprint density at radius 3 is 2.45 bits per heavy atom. The number of carbonyl (C=O) groups is 1. The Morgan fingerprint density at radius 2 is 1.86 bits per heavy atom. The summed E-state index contributed by atoms with van der Waals surface area (Å²) in [5.74, 6) is 0.389. The highest BCUT2D eigenvalue weighted by Crippen LogP contribution is 2.29. The van der Waals surface area contributed by atoms with Gasteiger partial charge in [0.1, 0.15) is 11.5 Å². The van der Waals surface area contributed by atoms with Gasteiger partial charge in [0.25, 0.3) is 0 Å². The molecule has 0 saturated carbocycles. The molecule has 0 aliphatic heterocycles. The number of methoxy groups -OCH3 is 1. The predicted molar refractivity (Wildman–Crippen MR) is 85.7 cm³/mol. The van der Waals surface area contributed by atoms with Crippen LogP contribution in [0.5, 0.6) is 11.5 Å². The average Bonchev–Trinajstić information content (AvgIpc) is 2.55. The summed E-state index contributed by atoms with van der Waals surface area (Å²) in [6.07, 6.45) is 2.51. The van der Waals surface area contributed by atoms with Crippen LogP contribution in [0.3, 0.4) is 0 Å². The molecule has 0 aliphatic carbocycles. The van der Waals surface area contributed by atoms with Crippen molar-refractivity contribution in [2.45, 2.75) is 6.42 Å². The molecule has 0 atom stereocenters. The predicted octanol–water partition coefficient (Wildman–Crippen LogP) is 4.02. The normalized spacial score (nSPS) is 10.0. The first-order valence-electron chi connectivity index (χ1n) is 6.91. The molecule has 0 saturated heterocycles. The largest absolute Gasteiger partial charge is 0.497 e. The molecule has 114 valence electrons. The summed E-state index contributed by atoms with van der Waals surface area (Å²) >= 11 is 0. The zero-order chi connectivity index (χ0) is 15.9. The molecule has 0 amide bonds. The van der Waals surface area contributed by atoms with Crippen molar-refractivity contribution in [3.8, 4) is 22.6 Å². The second kappa shape index (κ2) is 7.31. The van der Waals surface area contributed by atoms with E-state index in [1.807, 2.05) is 12.1 Å². The molecule has 0 aliphatic rings. The second-order valence-electron chi connectivity index (χ2n) is 4.67. The topological polar surface area (TPSA) is 55.8 Å². The summed E-state index contributed by atoms with van der Waals surface area (Å²) in [6.45, 7) is 4.15. The van der Waals surface area contributed by atoms with E-state index in [-0.39, 0.29) is 5.56 Å². The van der Waals surface area contributed by atoms with Gasteiger partial charge in [0.15, 0.2) is 0 Å². The monoisotopic (exact) mass is 298 g/mol. The van der Waals surface area contributed by atoms with Gasteiger partial charge in [0.05, 0.1) is 19.3 Å². The molecule has 0 heterocycles. The van der Waals surface area contributed by atoms with E-state index in [1.165, 1.54) is 0 Å². The quantitative estimate of drug-likeness (QED) is 0.619. The Labute approximate surface area is 129 Å². The average molecular weight is 298 g/mol. The van der Waals surface area contributed by atoms with Crippen LogP contribution in [0.2, 0.25) is 0 Å². The van der Waals surface area contributed by atoms with Crippen LogP contribution in [-0.4, -0.2) is 24.8 Å². The van der Waals surface area contributed by atoms with Crippen LogP contribution in [0.15, 0.2) is 55.1 Å². The van der Waals surface area contributed by atoms with Crippen LogP contribution in [-0.2, 0) is 0 Å². The van der Waals surface area contributed by atoms with E-state index < -0.39 is 5.97 Å². The van der Waals surface area contributed by atoms with Crippen molar-refractivity contribution in [2.75, 3.05) is 13.7 Å². The third kappa shape index (κ3) is 3.67. The standard InChI is InChI=1S/C18H18O4/c1-3-4-11-22-15-9-10-16(18(19)20)17(12-15)13-5-7-14(21-2)8-6-13/h3,5-10,12H,1,4,11H2,2H3,(H,19,20). The van der Waals surface area contributed by atoms with Crippen molar-refractivity contribution in [1.82, 2.24) is 0 Å². The van der Waals surface area contributed by atoms with Crippen LogP contribution in [0.1, 0.15) is 16.8 Å². The molecule has 0 aromatic heterocycles. The van der Waals surface area contributed by atoms with E-state index in [4.69, 9.17) is 9.47 Å². The van der Waals surface area contributed by atoms with Crippen molar-refractivity contribution in [1.29, 1.82) is 0 Å². The number of benzene rings is 2. The van der Waals surface area contributed by atoms with E-state index >= 15 is 0 Å². The highest BCUT2D eigenvalue weighted by molar-refractivity contribution is 5.96. The van der Waals surface area contributed by atoms with Crippen molar-refractivity contribution in [2.24, 2.45) is 0 Å². The van der Waals surface area contributed by atoms with Gasteiger partial charge in [0, 0.05) is 0 Å². The number of carboxylic acid groups (broad SMARTS) is 1. The molecule has 4 heteroatoms. The number of hydrogen-bond acceptors (Lipinski definition) is 3. The first-order chi connectivity index (χ1) is 10.7. The molecule has 22 heavy (non-hydrogen) atoms. The number of carboxylic acids is 1. The molecule has 2 rings (SSSR count). The SMILES string of the molecule is C=CCCOc1ccc(C(=O)O)c(-c2ccc(OC)cc2)c1. The molecule has 4 nitrogen and oxygen atoms in total. The Morgan fingerprint density at radius 1 is 1.18 bits per heavy atom. The van der Waals surface area contributed by atoms with Gasteiger partial charge in [-0.25, -0.2) is 4.79 Å². The van der Waals surface area contributed by atoms with Crippen molar-refractivity contribution in [3.05, 3.63) is 60.7 Å². The van der Waals surface area contributed by atoms with Gasteiger partial charge in [0.2, 0.25) is 0 Å². The van der Waals surface area contributed by atoms with Crippen LogP contribution in [0, 0.1) is 0 Å². The maximum absolute atomic E-state index is 11.4. The smallest absolute Gasteiger partial charge is 0.336 e. The second-order valence-corrected chi connectivity index (χ2v) is 4.67. The van der Waals surface area contributed by atoms with Gasteiger partial charge in [-0.05, 0) is 47.9 Å². The molecule has 0 unspecified atom stereocenters. The minimum Gasteiger partial charge on any atom is -0.497 e. The van der Waals surface area contributed by atoms with Gasteiger partial charge < -0.3 is 14.6 Å². The summed E-state index contributed by atoms with van der Waals surface area (Å²) in [6, 6.07) is 12.2. The highest BCUT2D eigenvalue weighted by atomic mass is 16.5. The Bertz CT molecular complexity index is 659. The maximum Gasteiger partial charge on any atom is 0.336 e. The van der Waals surface area contributed by atoms with E-state index in [2.05, 4.69) is 6.58 Å². The molecule has 0 bridgehead atoms. The Kier molecular flexibility index (Phi) is 5.20. The van der Waals surface area contributed by atoms with Gasteiger partial charge >= 0.3 is 5.97 Å². The number of hydrogen-bond donors (Lipinski definition) is 1. The van der Waals surface area contributed by atoms with Crippen molar-refractivity contribution < 1.29 is 19.4 Å². The number of ether oxygens (including phenoxy) is 2. The maximum atomic E-state index is 11.4. The fourth-order valence-electron chi connectivity index (χ4n) is 2.07. The molecule has 0 spiro atoms. The van der Waals surface area contributed by atoms with Crippen LogP contribution < -0.4 is 9.47 Å². The summed E-state index contributed by atoms with van der Waals surface area (Å²) in [5, 5.41) is 9.35. The first kappa shape index (κ1) is 15.6. The van der Waals surface area contributed by atoms with Crippen LogP contribution in [0.4, 0.5) is 0 Å². The molecular weight excluding hydrogens is 280 g/mol. The van der Waals surface area contributed by atoms with Crippen molar-refractivity contribution in [3.63, 3.8) is 0 Å². The van der Waals surface area contributed by atoms with E-state index in [0.717, 1.165) is 17.7 Å². The molecule has 1 N–H and O–H groups in total. The van der Waals surface area contributed by atoms with E-state index in [1.54, 1.807) is 43.5 Å². The van der Waals surface area contributed by atoms with Gasteiger partial charge in [-0.1, -0.05) is 18.2 Å². The third-order valence-electron chi connectivity index (χ3n) is 3.21. The summed E-state index contributed by atoms with van der Waals surface area (Å²) in [7, 11) is 1.59.